The Morgan fingerprint density at radius 3 is 1.16 bits per heavy atom. The van der Waals surface area contributed by atoms with Gasteiger partial charge in [0.2, 0.25) is 5.75 Å². The fourth-order valence-electron chi connectivity index (χ4n) is 12.0. The Labute approximate surface area is 618 Å². The topological polar surface area (TPSA) is 157 Å². The second-order valence-electron chi connectivity index (χ2n) is 27.3. The minimum atomic E-state index is -0.810. The van der Waals surface area contributed by atoms with Crippen LogP contribution in [0.15, 0.2) is 186 Å². The highest BCUT2D eigenvalue weighted by atomic mass is 16.6. The molecule has 0 heterocycles. The monoisotopic (exact) mass is 1400 g/mol. The largest absolute Gasteiger partial charge is 0.494 e. The quantitative estimate of drug-likeness (QED) is 0.00685. The van der Waals surface area contributed by atoms with E-state index in [0.717, 1.165) is 143 Å². The van der Waals surface area contributed by atoms with E-state index in [0.29, 0.717) is 30.9 Å². The number of nitro benzene ring substituents is 1. The Morgan fingerprint density at radius 2 is 0.728 bits per heavy atom. The molecule has 6 rings (SSSR count). The van der Waals surface area contributed by atoms with Crippen LogP contribution in [0.1, 0.15) is 281 Å². The van der Waals surface area contributed by atoms with Crippen molar-refractivity contribution >= 4 is 29.0 Å². The van der Waals surface area contributed by atoms with E-state index in [4.69, 9.17) is 28.4 Å². The van der Waals surface area contributed by atoms with Crippen molar-refractivity contribution in [3.8, 4) is 56.8 Å². The Morgan fingerprint density at radius 1 is 0.379 bits per heavy atom. The summed E-state index contributed by atoms with van der Waals surface area (Å²) in [5, 5.41) is 22.2. The van der Waals surface area contributed by atoms with Crippen LogP contribution in [0.4, 0.5) is 17.1 Å². The summed E-state index contributed by atoms with van der Waals surface area (Å²) in [4.78, 5) is 40.3. The first-order valence-corrected chi connectivity index (χ1v) is 39.4. The Hall–Kier alpha value is -8.58. The molecule has 0 aromatic heterocycles. The Kier molecular flexibility index (Phi) is 41.7. The van der Waals surface area contributed by atoms with E-state index in [1.165, 1.54) is 115 Å². The molecule has 0 fully saturated rings. The van der Waals surface area contributed by atoms with Crippen LogP contribution in [0.5, 0.6) is 34.5 Å². The molecule has 0 aliphatic carbocycles. The van der Waals surface area contributed by atoms with Crippen molar-refractivity contribution in [1.82, 2.24) is 0 Å². The van der Waals surface area contributed by atoms with Crippen LogP contribution in [-0.4, -0.2) is 42.3 Å². The highest BCUT2D eigenvalue weighted by molar-refractivity contribution is 5.93. The standard InChI is InChI=1S/C90H121N3O10/c1-7-11-15-19-21-23-25-27-29-31-33-35-37-39-41-45-67-98-80-61-57-76(58-62-80)74-49-53-78(54-50-74)89(94)102-86-66-65-82(100-72(5)47-43-17-13-9-3)69-83(86)91-92-84-70-88(85(93(96)97)71-87(84)101-73(6)48-44-18-14-10-4)103-90(95)79-55-51-75(52-56-79)77-59-63-81(64-60-77)99-68-46-42-40-38-36-34-32-30-28-26-24-22-20-16-12-8-2/h21-24,27-30,49-66,69-73H,7-20,25-26,31-48,67-68H2,1-6H3/b23-21+,24-22+,29-27+,30-28+,92-91?/t72-,73-/m1/s1. The highest BCUT2D eigenvalue weighted by Crippen LogP contribution is 2.43. The lowest BCUT2D eigenvalue weighted by molar-refractivity contribution is -0.385. The molecule has 13 nitrogen and oxygen atoms in total. The van der Waals surface area contributed by atoms with Gasteiger partial charge in [0.05, 0.1) is 47.5 Å². The first kappa shape index (κ1) is 83.4. The summed E-state index contributed by atoms with van der Waals surface area (Å²) >= 11 is 0. The maximum absolute atomic E-state index is 14.1. The molecule has 0 unspecified atom stereocenters. The summed E-state index contributed by atoms with van der Waals surface area (Å²) in [5.74, 6) is 0.471. The fraction of sp³-hybridized carbons (Fsp3) is 0.489. The molecule has 0 spiro atoms. The molecule has 13 heteroatoms. The van der Waals surface area contributed by atoms with Gasteiger partial charge < -0.3 is 28.4 Å². The maximum atomic E-state index is 14.1. The number of benzene rings is 6. The number of unbranched alkanes of at least 4 members (excludes halogenated alkanes) is 24. The number of allylic oxidation sites excluding steroid dienone is 8. The van der Waals surface area contributed by atoms with E-state index >= 15 is 0 Å². The average molecular weight is 1400 g/mol. The second-order valence-corrected chi connectivity index (χ2v) is 27.3. The lowest BCUT2D eigenvalue weighted by atomic mass is 10.0. The summed E-state index contributed by atoms with van der Waals surface area (Å²) in [5.41, 5.74) is 3.89. The van der Waals surface area contributed by atoms with Gasteiger partial charge in [-0.3, -0.25) is 10.1 Å². The van der Waals surface area contributed by atoms with E-state index in [2.05, 4.69) is 86.5 Å². The van der Waals surface area contributed by atoms with Gasteiger partial charge >= 0.3 is 17.6 Å². The van der Waals surface area contributed by atoms with Gasteiger partial charge in [-0.15, -0.1) is 10.2 Å². The average Bonchev–Trinajstić information content (AvgIpc) is 0.810. The lowest BCUT2D eigenvalue weighted by Gasteiger charge is -2.17. The summed E-state index contributed by atoms with van der Waals surface area (Å²) in [6, 6.07) is 37.5. The van der Waals surface area contributed by atoms with Gasteiger partial charge in [-0.2, -0.15) is 0 Å². The Balaban J connectivity index is 1.08. The fourth-order valence-corrected chi connectivity index (χ4v) is 12.0. The van der Waals surface area contributed by atoms with E-state index in [-0.39, 0.29) is 46.4 Å². The number of ether oxygens (including phenoxy) is 6. The zero-order chi connectivity index (χ0) is 73.2. The van der Waals surface area contributed by atoms with Crippen LogP contribution in [-0.2, 0) is 0 Å². The second kappa shape index (κ2) is 51.5. The first-order valence-electron chi connectivity index (χ1n) is 39.4. The lowest BCUT2D eigenvalue weighted by Crippen LogP contribution is -2.13. The van der Waals surface area contributed by atoms with Crippen LogP contribution < -0.4 is 28.4 Å². The molecule has 556 valence electrons. The number of hydrogen-bond acceptors (Lipinski definition) is 12. The number of azo groups is 1. The SMILES string of the molecule is CCCCC/C=C/C/C=C/CCCCCCCCOc1ccc(-c2ccc(C(=O)Oc3ccc(O[C@H](C)CCCCCC)cc3N=Nc3cc(OC(=O)c4ccc(-c5ccc(OCCCCCCCC/C=C/C/C=C/CCCCC)cc5)cc4)c([N+](=O)[O-])cc3O[C@H](C)CCCCCC)cc2)cc1. The zero-order valence-electron chi connectivity index (χ0n) is 63.3. The molecule has 2 atom stereocenters. The molecule has 0 amide bonds. The van der Waals surface area contributed by atoms with Crippen molar-refractivity contribution < 1.29 is 42.9 Å². The smallest absolute Gasteiger partial charge is 0.343 e. The van der Waals surface area contributed by atoms with Crippen molar-refractivity contribution in [3.63, 3.8) is 0 Å². The van der Waals surface area contributed by atoms with Crippen molar-refractivity contribution in [3.05, 3.63) is 197 Å². The third kappa shape index (κ3) is 34.1. The van der Waals surface area contributed by atoms with Crippen LogP contribution in [0.2, 0.25) is 0 Å². The van der Waals surface area contributed by atoms with Crippen LogP contribution in [0, 0.1) is 10.1 Å². The molecule has 0 radical (unpaired) electrons. The van der Waals surface area contributed by atoms with Crippen molar-refractivity contribution in [1.29, 1.82) is 0 Å². The maximum Gasteiger partial charge on any atom is 0.343 e. The number of nitrogens with zero attached hydrogens (tertiary/aromatic N) is 3. The number of esters is 2. The van der Waals surface area contributed by atoms with E-state index < -0.39 is 22.5 Å². The molecule has 0 N–H and O–H groups in total. The molecule has 103 heavy (non-hydrogen) atoms. The number of hydrogen-bond donors (Lipinski definition) is 0. The predicted octanol–water partition coefficient (Wildman–Crippen LogP) is 27.6. The van der Waals surface area contributed by atoms with Crippen LogP contribution in [0.3, 0.4) is 0 Å². The number of nitro groups is 1. The molecule has 0 saturated carbocycles. The summed E-state index contributed by atoms with van der Waals surface area (Å²) in [7, 11) is 0. The molecule has 0 bridgehead atoms. The van der Waals surface area contributed by atoms with Crippen LogP contribution >= 0.6 is 0 Å². The molecule has 0 aliphatic heterocycles. The van der Waals surface area contributed by atoms with Gasteiger partial charge in [-0.1, -0.05) is 240 Å². The van der Waals surface area contributed by atoms with Gasteiger partial charge in [0.1, 0.15) is 28.6 Å². The predicted molar refractivity (Wildman–Crippen MR) is 425 cm³/mol. The van der Waals surface area contributed by atoms with Gasteiger partial charge in [0.15, 0.2) is 11.5 Å². The zero-order valence-corrected chi connectivity index (χ0v) is 63.3. The molecule has 0 aliphatic rings. The van der Waals surface area contributed by atoms with E-state index in [1.54, 1.807) is 42.5 Å². The molecule has 0 saturated heterocycles. The minimum Gasteiger partial charge on any atom is -0.494 e. The highest BCUT2D eigenvalue weighted by Gasteiger charge is 2.26. The molecular formula is C90H121N3O10. The number of carbonyl (C=O) groups is 2. The number of carbonyl (C=O) groups excluding carboxylic acids is 2. The van der Waals surface area contributed by atoms with Gasteiger partial charge in [-0.25, -0.2) is 9.59 Å². The van der Waals surface area contributed by atoms with Gasteiger partial charge in [0, 0.05) is 12.1 Å². The third-order valence-electron chi connectivity index (χ3n) is 18.3. The van der Waals surface area contributed by atoms with Gasteiger partial charge in [0.25, 0.3) is 0 Å². The van der Waals surface area contributed by atoms with Gasteiger partial charge in [-0.05, 0) is 199 Å². The minimum absolute atomic E-state index is 0.0496. The van der Waals surface area contributed by atoms with E-state index in [9.17, 15) is 19.7 Å². The molecule has 6 aromatic carbocycles. The van der Waals surface area contributed by atoms with Crippen molar-refractivity contribution in [2.45, 2.75) is 272 Å². The molecule has 6 aromatic rings. The normalized spacial score (nSPS) is 12.3. The first-order chi connectivity index (χ1) is 50.5. The Bertz CT molecular complexity index is 3480. The van der Waals surface area contributed by atoms with Crippen molar-refractivity contribution in [2.24, 2.45) is 10.2 Å². The van der Waals surface area contributed by atoms with Crippen LogP contribution in [0.25, 0.3) is 22.3 Å². The van der Waals surface area contributed by atoms with E-state index in [1.807, 2.05) is 86.6 Å². The summed E-state index contributed by atoms with van der Waals surface area (Å²) in [6.07, 6.45) is 56.6. The number of rotatable bonds is 55. The third-order valence-corrected chi connectivity index (χ3v) is 18.3. The molecular weight excluding hydrogens is 1280 g/mol. The summed E-state index contributed by atoms with van der Waals surface area (Å²) in [6.45, 7) is 14.1. The summed E-state index contributed by atoms with van der Waals surface area (Å²) < 4.78 is 37.0. The van der Waals surface area contributed by atoms with Crippen molar-refractivity contribution in [2.75, 3.05) is 13.2 Å².